The van der Waals surface area contributed by atoms with Crippen molar-refractivity contribution < 1.29 is 19.1 Å². The molecule has 0 aliphatic heterocycles. The topological polar surface area (TPSA) is 52.6 Å². The van der Waals surface area contributed by atoms with Crippen LogP contribution in [0.25, 0.3) is 0 Å². The Labute approximate surface area is 159 Å². The predicted octanol–water partition coefficient (Wildman–Crippen LogP) is 5.20. The zero-order valence-corrected chi connectivity index (χ0v) is 15.5. The predicted molar refractivity (Wildman–Crippen MR) is 102 cm³/mol. The molecule has 0 unspecified atom stereocenters. The molecule has 0 saturated carbocycles. The van der Waals surface area contributed by atoms with E-state index in [1.807, 2.05) is 19.1 Å². The van der Waals surface area contributed by atoms with Gasteiger partial charge in [-0.15, -0.1) is 0 Å². The Kier molecular flexibility index (Phi) is 5.49. The molecule has 0 atom stereocenters. The Morgan fingerprint density at radius 2 is 1.15 bits per heavy atom. The molecule has 0 fully saturated rings. The van der Waals surface area contributed by atoms with Gasteiger partial charge in [0.2, 0.25) is 0 Å². The molecule has 0 spiro atoms. The van der Waals surface area contributed by atoms with E-state index in [1.165, 1.54) is 0 Å². The summed E-state index contributed by atoms with van der Waals surface area (Å²) in [5.74, 6) is -0.702. The van der Waals surface area contributed by atoms with Crippen molar-refractivity contribution in [1.29, 1.82) is 0 Å². The van der Waals surface area contributed by atoms with Crippen molar-refractivity contribution in [3.05, 3.63) is 94.0 Å². The van der Waals surface area contributed by atoms with Gasteiger partial charge in [-0.25, -0.2) is 9.59 Å². The fourth-order valence-electron chi connectivity index (χ4n) is 2.26. The Morgan fingerprint density at radius 1 is 0.731 bits per heavy atom. The maximum absolute atomic E-state index is 12.3. The lowest BCUT2D eigenvalue weighted by molar-refractivity contribution is 0.0682. The van der Waals surface area contributed by atoms with Crippen molar-refractivity contribution in [3.8, 4) is 11.5 Å². The first-order valence-electron chi connectivity index (χ1n) is 7.89. The molecule has 26 heavy (non-hydrogen) atoms. The van der Waals surface area contributed by atoms with Gasteiger partial charge in [0.05, 0.1) is 11.1 Å². The minimum atomic E-state index is -0.529. The molecule has 0 aliphatic rings. The maximum Gasteiger partial charge on any atom is 0.343 e. The highest BCUT2D eigenvalue weighted by Crippen LogP contribution is 2.34. The second kappa shape index (κ2) is 7.97. The van der Waals surface area contributed by atoms with Crippen molar-refractivity contribution in [2.24, 2.45) is 0 Å². The largest absolute Gasteiger partial charge is 0.419 e. The van der Waals surface area contributed by atoms with E-state index in [0.717, 1.165) is 10.0 Å². The first kappa shape index (κ1) is 17.9. The van der Waals surface area contributed by atoms with Crippen molar-refractivity contribution in [3.63, 3.8) is 0 Å². The third-order valence-corrected chi connectivity index (χ3v) is 4.50. The number of benzene rings is 3. The van der Waals surface area contributed by atoms with Gasteiger partial charge in [-0.3, -0.25) is 0 Å². The highest BCUT2D eigenvalue weighted by Gasteiger charge is 2.17. The van der Waals surface area contributed by atoms with Gasteiger partial charge in [0.1, 0.15) is 0 Å². The van der Waals surface area contributed by atoms with Gasteiger partial charge in [0.25, 0.3) is 0 Å². The van der Waals surface area contributed by atoms with Crippen LogP contribution in [-0.4, -0.2) is 11.9 Å². The fourth-order valence-corrected chi connectivity index (χ4v) is 2.58. The summed E-state index contributed by atoms with van der Waals surface area (Å²) >= 11 is 3.41. The molecule has 0 amide bonds. The summed E-state index contributed by atoms with van der Waals surface area (Å²) in [7, 11) is 0. The molecule has 0 radical (unpaired) electrons. The highest BCUT2D eigenvalue weighted by atomic mass is 79.9. The zero-order valence-electron chi connectivity index (χ0n) is 13.9. The first-order valence-corrected chi connectivity index (χ1v) is 8.68. The number of carbonyl (C=O) groups is 2. The Hall–Kier alpha value is -2.92. The van der Waals surface area contributed by atoms with Crippen LogP contribution >= 0.6 is 15.9 Å². The number of hydrogen-bond donors (Lipinski definition) is 0. The third-order valence-electron chi connectivity index (χ3n) is 3.65. The van der Waals surface area contributed by atoms with E-state index >= 15 is 0 Å². The van der Waals surface area contributed by atoms with E-state index in [-0.39, 0.29) is 11.5 Å². The van der Waals surface area contributed by atoms with Gasteiger partial charge < -0.3 is 9.47 Å². The Morgan fingerprint density at radius 3 is 1.62 bits per heavy atom. The van der Waals surface area contributed by atoms with Crippen LogP contribution in [0.15, 0.2) is 77.3 Å². The van der Waals surface area contributed by atoms with Gasteiger partial charge in [-0.2, -0.15) is 0 Å². The van der Waals surface area contributed by atoms with Crippen LogP contribution in [0.4, 0.5) is 0 Å². The molecule has 3 aromatic carbocycles. The van der Waals surface area contributed by atoms with E-state index in [1.54, 1.807) is 60.7 Å². The second-order valence-electron chi connectivity index (χ2n) is 5.56. The first-order chi connectivity index (χ1) is 12.5. The summed E-state index contributed by atoms with van der Waals surface area (Å²) in [5, 5.41) is 0. The molecule has 0 aromatic heterocycles. The third kappa shape index (κ3) is 4.18. The molecule has 5 heteroatoms. The van der Waals surface area contributed by atoms with Crippen molar-refractivity contribution in [2.75, 3.05) is 0 Å². The van der Waals surface area contributed by atoms with Crippen LogP contribution in [0.1, 0.15) is 26.3 Å². The average Bonchev–Trinajstić information content (AvgIpc) is 2.67. The van der Waals surface area contributed by atoms with Gasteiger partial charge in [0.15, 0.2) is 11.5 Å². The average molecular weight is 411 g/mol. The number of rotatable bonds is 4. The summed E-state index contributed by atoms with van der Waals surface area (Å²) in [6.45, 7) is 1.85. The summed E-state index contributed by atoms with van der Waals surface area (Å²) in [4.78, 5) is 24.7. The van der Waals surface area contributed by atoms with E-state index in [0.29, 0.717) is 11.1 Å². The number of esters is 2. The summed E-state index contributed by atoms with van der Waals surface area (Å²) < 4.78 is 11.7. The van der Waals surface area contributed by atoms with Crippen LogP contribution in [0, 0.1) is 6.92 Å². The van der Waals surface area contributed by atoms with E-state index in [2.05, 4.69) is 15.9 Å². The van der Waals surface area contributed by atoms with Crippen LogP contribution < -0.4 is 9.47 Å². The van der Waals surface area contributed by atoms with Crippen LogP contribution in [-0.2, 0) is 0 Å². The minimum absolute atomic E-state index is 0.167. The van der Waals surface area contributed by atoms with Gasteiger partial charge in [-0.05, 0) is 48.9 Å². The molecule has 3 aromatic rings. The van der Waals surface area contributed by atoms with E-state index in [4.69, 9.17) is 9.47 Å². The Bertz CT molecular complexity index is 858. The lowest BCUT2D eigenvalue weighted by Gasteiger charge is -2.12. The zero-order chi connectivity index (χ0) is 18.5. The summed E-state index contributed by atoms with van der Waals surface area (Å²) in [5.41, 5.74) is 1.67. The minimum Gasteiger partial charge on any atom is -0.419 e. The summed E-state index contributed by atoms with van der Waals surface area (Å²) in [6, 6.07) is 20.5. The van der Waals surface area contributed by atoms with Crippen molar-refractivity contribution in [2.45, 2.75) is 6.92 Å². The van der Waals surface area contributed by atoms with E-state index in [9.17, 15) is 9.59 Å². The number of ether oxygens (including phenoxy) is 2. The smallest absolute Gasteiger partial charge is 0.343 e. The molecular formula is C21H15BrO4. The SMILES string of the molecule is Cc1cc(OC(=O)c2ccccc2)c(OC(=O)c2ccccc2)cc1Br. The highest BCUT2D eigenvalue weighted by molar-refractivity contribution is 9.10. The molecule has 0 N–H and O–H groups in total. The molecule has 3 rings (SSSR count). The standard InChI is InChI=1S/C21H15BrO4/c1-14-12-18(25-20(23)15-8-4-2-5-9-15)19(13-17(14)22)26-21(24)16-10-6-3-7-11-16/h2-13H,1H3. The van der Waals surface area contributed by atoms with E-state index < -0.39 is 11.9 Å². The van der Waals surface area contributed by atoms with Gasteiger partial charge in [0, 0.05) is 4.47 Å². The molecule has 0 aliphatic carbocycles. The number of halogens is 1. The molecule has 130 valence electrons. The maximum atomic E-state index is 12.3. The number of hydrogen-bond acceptors (Lipinski definition) is 4. The monoisotopic (exact) mass is 410 g/mol. The quantitative estimate of drug-likeness (QED) is 0.438. The van der Waals surface area contributed by atoms with Crippen LogP contribution in [0.5, 0.6) is 11.5 Å². The normalized spacial score (nSPS) is 10.2. The Balaban J connectivity index is 1.89. The molecule has 0 heterocycles. The van der Waals surface area contributed by atoms with Crippen molar-refractivity contribution >= 4 is 27.9 Å². The summed E-state index contributed by atoms with van der Waals surface area (Å²) in [6.07, 6.45) is 0. The number of aryl methyl sites for hydroxylation is 1. The lowest BCUT2D eigenvalue weighted by atomic mass is 10.2. The molecule has 0 saturated heterocycles. The molecule has 4 nitrogen and oxygen atoms in total. The van der Waals surface area contributed by atoms with Crippen LogP contribution in [0.2, 0.25) is 0 Å². The van der Waals surface area contributed by atoms with Crippen molar-refractivity contribution in [1.82, 2.24) is 0 Å². The fraction of sp³-hybridized carbons (Fsp3) is 0.0476. The van der Waals surface area contributed by atoms with Gasteiger partial charge in [-0.1, -0.05) is 52.3 Å². The molecule has 0 bridgehead atoms. The second-order valence-corrected chi connectivity index (χ2v) is 6.41. The van der Waals surface area contributed by atoms with Gasteiger partial charge >= 0.3 is 11.9 Å². The molecular weight excluding hydrogens is 396 g/mol. The van der Waals surface area contributed by atoms with Crippen LogP contribution in [0.3, 0.4) is 0 Å². The lowest BCUT2D eigenvalue weighted by Crippen LogP contribution is -2.12. The number of carbonyl (C=O) groups excluding carboxylic acids is 2.